The van der Waals surface area contributed by atoms with Crippen molar-refractivity contribution in [3.05, 3.63) is 60.4 Å². The monoisotopic (exact) mass is 436 g/mol. The first kappa shape index (κ1) is 21.8. The normalized spacial score (nSPS) is 17.8. The van der Waals surface area contributed by atoms with Crippen molar-refractivity contribution < 1.29 is 17.6 Å². The number of thioether (sulfide) groups is 1. The van der Waals surface area contributed by atoms with Crippen LogP contribution < -0.4 is 5.32 Å². The zero-order valence-corrected chi connectivity index (χ0v) is 17.7. The van der Waals surface area contributed by atoms with Crippen molar-refractivity contribution >= 4 is 27.7 Å². The van der Waals surface area contributed by atoms with Crippen LogP contribution in [0, 0.1) is 11.7 Å². The molecule has 5 nitrogen and oxygen atoms in total. The van der Waals surface area contributed by atoms with Crippen LogP contribution in [-0.2, 0) is 14.8 Å². The zero-order chi connectivity index (χ0) is 20.7. The van der Waals surface area contributed by atoms with E-state index in [-0.39, 0.29) is 23.3 Å². The number of rotatable bonds is 8. The van der Waals surface area contributed by atoms with Crippen LogP contribution in [0.4, 0.5) is 4.39 Å². The van der Waals surface area contributed by atoms with Gasteiger partial charge in [0, 0.05) is 24.5 Å². The van der Waals surface area contributed by atoms with E-state index < -0.39 is 15.8 Å². The van der Waals surface area contributed by atoms with Crippen LogP contribution in [0.3, 0.4) is 0 Å². The Kier molecular flexibility index (Phi) is 7.69. The molecule has 2 aromatic carbocycles. The third-order valence-electron chi connectivity index (χ3n) is 4.84. The third kappa shape index (κ3) is 6.04. The average molecular weight is 437 g/mol. The van der Waals surface area contributed by atoms with Crippen molar-refractivity contribution in [1.29, 1.82) is 0 Å². The average Bonchev–Trinajstić information content (AvgIpc) is 2.74. The van der Waals surface area contributed by atoms with Gasteiger partial charge >= 0.3 is 0 Å². The Morgan fingerprint density at radius 2 is 1.86 bits per heavy atom. The van der Waals surface area contributed by atoms with E-state index in [1.54, 1.807) is 11.8 Å². The molecule has 29 heavy (non-hydrogen) atoms. The molecule has 1 N–H and O–H groups in total. The molecule has 0 aromatic heterocycles. The Hall–Kier alpha value is -1.90. The van der Waals surface area contributed by atoms with Gasteiger partial charge in [0.25, 0.3) is 0 Å². The summed E-state index contributed by atoms with van der Waals surface area (Å²) in [5.41, 5.74) is 0. The number of carbonyl (C=O) groups excluding carboxylic acids is 1. The Labute approximate surface area is 175 Å². The van der Waals surface area contributed by atoms with E-state index in [1.165, 1.54) is 21.3 Å². The van der Waals surface area contributed by atoms with Crippen LogP contribution in [0.2, 0.25) is 0 Å². The smallest absolute Gasteiger partial charge is 0.243 e. The van der Waals surface area contributed by atoms with E-state index in [9.17, 15) is 17.6 Å². The molecule has 1 fully saturated rings. The van der Waals surface area contributed by atoms with Gasteiger partial charge in [-0.1, -0.05) is 18.2 Å². The number of carbonyl (C=O) groups is 1. The number of benzene rings is 2. The van der Waals surface area contributed by atoms with Gasteiger partial charge in [-0.2, -0.15) is 4.31 Å². The number of amides is 1. The molecule has 1 aliphatic heterocycles. The molecule has 1 heterocycles. The number of nitrogens with one attached hydrogen (secondary N) is 1. The molecule has 0 bridgehead atoms. The lowest BCUT2D eigenvalue weighted by molar-refractivity contribution is -0.126. The topological polar surface area (TPSA) is 66.5 Å². The highest BCUT2D eigenvalue weighted by atomic mass is 32.2. The second-order valence-corrected chi connectivity index (χ2v) is 10.1. The molecule has 0 spiro atoms. The van der Waals surface area contributed by atoms with Crippen LogP contribution in [-0.4, -0.2) is 44.0 Å². The molecule has 156 valence electrons. The summed E-state index contributed by atoms with van der Waals surface area (Å²) in [6, 6.07) is 14.9. The number of nitrogens with zero attached hydrogens (tertiary/aromatic N) is 1. The van der Waals surface area contributed by atoms with Gasteiger partial charge in [0.15, 0.2) is 0 Å². The molecule has 0 radical (unpaired) electrons. The minimum absolute atomic E-state index is 0.0536. The molecular formula is C21H25FN2O3S2. The molecule has 1 saturated heterocycles. The standard InChI is InChI=1S/C21H25FN2O3S2/c22-18-9-11-20(12-10-18)29(26,27)24-14-4-6-17(16-24)21(25)23-13-5-15-28-19-7-2-1-3-8-19/h1-3,7-12,17H,4-6,13-16H2,(H,23,25)/t17-/m0/s1. The van der Waals surface area contributed by atoms with Crippen molar-refractivity contribution in [2.75, 3.05) is 25.4 Å². The summed E-state index contributed by atoms with van der Waals surface area (Å²) in [5.74, 6) is -0.0419. The largest absolute Gasteiger partial charge is 0.356 e. The maximum Gasteiger partial charge on any atom is 0.243 e. The highest BCUT2D eigenvalue weighted by Gasteiger charge is 2.33. The van der Waals surface area contributed by atoms with Gasteiger partial charge in [-0.25, -0.2) is 12.8 Å². The minimum atomic E-state index is -3.72. The summed E-state index contributed by atoms with van der Waals surface area (Å²) in [7, 11) is -3.72. The first-order chi connectivity index (χ1) is 14.0. The van der Waals surface area contributed by atoms with Crippen molar-refractivity contribution in [2.24, 2.45) is 5.92 Å². The molecule has 1 atom stereocenters. The Morgan fingerprint density at radius 1 is 1.14 bits per heavy atom. The number of hydrogen-bond acceptors (Lipinski definition) is 4. The van der Waals surface area contributed by atoms with Crippen LogP contribution in [0.5, 0.6) is 0 Å². The van der Waals surface area contributed by atoms with Crippen LogP contribution >= 0.6 is 11.8 Å². The second-order valence-electron chi connectivity index (χ2n) is 6.96. The number of hydrogen-bond donors (Lipinski definition) is 1. The lowest BCUT2D eigenvalue weighted by atomic mass is 9.99. The lowest BCUT2D eigenvalue weighted by Crippen LogP contribution is -2.45. The fourth-order valence-corrected chi connectivity index (χ4v) is 5.66. The molecule has 8 heteroatoms. The first-order valence-corrected chi connectivity index (χ1v) is 12.1. The van der Waals surface area contributed by atoms with E-state index >= 15 is 0 Å². The fraction of sp³-hybridized carbons (Fsp3) is 0.381. The van der Waals surface area contributed by atoms with Gasteiger partial charge in [0.2, 0.25) is 15.9 Å². The summed E-state index contributed by atoms with van der Waals surface area (Å²) in [4.78, 5) is 13.8. The van der Waals surface area contributed by atoms with Crippen LogP contribution in [0.1, 0.15) is 19.3 Å². The molecule has 3 rings (SSSR count). The fourth-order valence-electron chi connectivity index (χ4n) is 3.27. The van der Waals surface area contributed by atoms with Gasteiger partial charge in [-0.15, -0.1) is 11.8 Å². The molecule has 0 saturated carbocycles. The van der Waals surface area contributed by atoms with Gasteiger partial charge < -0.3 is 5.32 Å². The van der Waals surface area contributed by atoms with E-state index in [2.05, 4.69) is 17.4 Å². The molecule has 0 aliphatic carbocycles. The predicted molar refractivity (Wildman–Crippen MR) is 113 cm³/mol. The summed E-state index contributed by atoms with van der Waals surface area (Å²) in [6.07, 6.45) is 2.14. The second kappa shape index (κ2) is 10.2. The quantitative estimate of drug-likeness (QED) is 0.508. The molecule has 1 aliphatic rings. The summed E-state index contributed by atoms with van der Waals surface area (Å²) in [5, 5.41) is 2.93. The number of halogens is 1. The van der Waals surface area contributed by atoms with Crippen molar-refractivity contribution in [3.8, 4) is 0 Å². The number of sulfonamides is 1. The predicted octanol–water partition coefficient (Wildman–Crippen LogP) is 3.53. The van der Waals surface area contributed by atoms with E-state index in [0.29, 0.717) is 25.9 Å². The van der Waals surface area contributed by atoms with Gasteiger partial charge in [-0.3, -0.25) is 4.79 Å². The van der Waals surface area contributed by atoms with E-state index in [0.717, 1.165) is 24.3 Å². The van der Waals surface area contributed by atoms with Crippen LogP contribution in [0.15, 0.2) is 64.4 Å². The van der Waals surface area contributed by atoms with Crippen molar-refractivity contribution in [2.45, 2.75) is 29.1 Å². The third-order valence-corrected chi connectivity index (χ3v) is 7.82. The van der Waals surface area contributed by atoms with E-state index in [1.807, 2.05) is 18.2 Å². The summed E-state index contributed by atoms with van der Waals surface area (Å²) in [6.45, 7) is 1.10. The lowest BCUT2D eigenvalue weighted by Gasteiger charge is -2.31. The van der Waals surface area contributed by atoms with Gasteiger partial charge in [-0.05, 0) is 61.4 Å². The summed E-state index contributed by atoms with van der Waals surface area (Å²) >= 11 is 1.74. The molecule has 2 aromatic rings. The maximum absolute atomic E-state index is 13.1. The summed E-state index contributed by atoms with van der Waals surface area (Å²) < 4.78 is 40.0. The maximum atomic E-state index is 13.1. The number of piperidine rings is 1. The Morgan fingerprint density at radius 3 is 2.59 bits per heavy atom. The minimum Gasteiger partial charge on any atom is -0.356 e. The first-order valence-electron chi connectivity index (χ1n) is 9.68. The Bertz CT molecular complexity index is 905. The van der Waals surface area contributed by atoms with Crippen molar-refractivity contribution in [3.63, 3.8) is 0 Å². The van der Waals surface area contributed by atoms with Crippen molar-refractivity contribution in [1.82, 2.24) is 9.62 Å². The van der Waals surface area contributed by atoms with Crippen LogP contribution in [0.25, 0.3) is 0 Å². The highest BCUT2D eigenvalue weighted by Crippen LogP contribution is 2.24. The molecule has 0 unspecified atom stereocenters. The zero-order valence-electron chi connectivity index (χ0n) is 16.1. The Balaban J connectivity index is 1.47. The van der Waals surface area contributed by atoms with Gasteiger partial charge in [0.1, 0.15) is 5.82 Å². The molecular weight excluding hydrogens is 411 g/mol. The highest BCUT2D eigenvalue weighted by molar-refractivity contribution is 7.99. The SMILES string of the molecule is O=C(NCCCSc1ccccc1)[C@H]1CCCN(S(=O)(=O)c2ccc(F)cc2)C1. The van der Waals surface area contributed by atoms with E-state index in [4.69, 9.17) is 0 Å². The van der Waals surface area contributed by atoms with Gasteiger partial charge in [0.05, 0.1) is 10.8 Å². The molecule has 1 amide bonds.